The highest BCUT2D eigenvalue weighted by atomic mass is 16.3. The van der Waals surface area contributed by atoms with Crippen molar-refractivity contribution in [3.8, 4) is 0 Å². The van der Waals surface area contributed by atoms with Crippen molar-refractivity contribution >= 4 is 5.69 Å². The van der Waals surface area contributed by atoms with Crippen LogP contribution < -0.4 is 10.9 Å². The van der Waals surface area contributed by atoms with Gasteiger partial charge in [-0.3, -0.25) is 5.01 Å². The molecule has 0 radical (unpaired) electrons. The average Bonchev–Trinajstić information content (AvgIpc) is 2.30. The summed E-state index contributed by atoms with van der Waals surface area (Å²) in [6.07, 6.45) is 4.83. The van der Waals surface area contributed by atoms with Crippen LogP contribution in [0.4, 0.5) is 5.69 Å². The molecule has 0 bridgehead atoms. The Hall–Kier alpha value is -1.06. The first-order valence-corrected chi connectivity index (χ1v) is 5.55. The Morgan fingerprint density at radius 1 is 1.07 bits per heavy atom. The van der Waals surface area contributed by atoms with Gasteiger partial charge in [-0.05, 0) is 37.8 Å². The van der Waals surface area contributed by atoms with Crippen LogP contribution in [0.3, 0.4) is 0 Å². The van der Waals surface area contributed by atoms with E-state index in [0.29, 0.717) is 0 Å². The zero-order chi connectivity index (χ0) is 10.7. The van der Waals surface area contributed by atoms with Crippen molar-refractivity contribution in [3.05, 3.63) is 30.3 Å². The van der Waals surface area contributed by atoms with Crippen LogP contribution in [0.5, 0.6) is 0 Å². The van der Waals surface area contributed by atoms with E-state index in [4.69, 9.17) is 5.84 Å². The zero-order valence-corrected chi connectivity index (χ0v) is 8.89. The third-order valence-corrected chi connectivity index (χ3v) is 3.14. The lowest BCUT2D eigenvalue weighted by molar-refractivity contribution is 0.000564. The van der Waals surface area contributed by atoms with Gasteiger partial charge in [-0.25, -0.2) is 5.84 Å². The van der Waals surface area contributed by atoms with Crippen LogP contribution in [-0.2, 0) is 0 Å². The molecule has 0 atom stereocenters. The molecule has 1 aromatic carbocycles. The third kappa shape index (κ3) is 2.13. The molecule has 3 N–H and O–H groups in total. The summed E-state index contributed by atoms with van der Waals surface area (Å²) in [5.41, 5.74) is 0.0291. The van der Waals surface area contributed by atoms with Gasteiger partial charge in [-0.15, -0.1) is 0 Å². The van der Waals surface area contributed by atoms with Gasteiger partial charge in [0.1, 0.15) is 0 Å². The highest BCUT2D eigenvalue weighted by molar-refractivity contribution is 5.46. The molecule has 1 aliphatic carbocycles. The smallest absolute Gasteiger partial charge is 0.151 e. The quantitative estimate of drug-likeness (QED) is 0.442. The number of hydrogen-bond donors (Lipinski definition) is 2. The van der Waals surface area contributed by atoms with Gasteiger partial charge >= 0.3 is 0 Å². The Morgan fingerprint density at radius 3 is 2.27 bits per heavy atom. The molecule has 3 heteroatoms. The first kappa shape index (κ1) is 10.5. The van der Waals surface area contributed by atoms with Crippen molar-refractivity contribution in [3.63, 3.8) is 0 Å². The number of hydrazine groups is 1. The van der Waals surface area contributed by atoms with Crippen LogP contribution in [0.1, 0.15) is 32.1 Å². The Labute approximate surface area is 90.5 Å². The standard InChI is InChI=1S/C12H18N2O/c13-14(11-7-3-1-4-8-11)12(15)9-5-2-6-10-12/h1,3-4,7-8,15H,2,5-6,9-10,13H2. The van der Waals surface area contributed by atoms with E-state index in [1.54, 1.807) is 0 Å². The van der Waals surface area contributed by atoms with Crippen LogP contribution in [0.15, 0.2) is 30.3 Å². The minimum atomic E-state index is -0.848. The topological polar surface area (TPSA) is 49.5 Å². The monoisotopic (exact) mass is 206 g/mol. The first-order chi connectivity index (χ1) is 7.22. The van der Waals surface area contributed by atoms with Crippen LogP contribution >= 0.6 is 0 Å². The highest BCUT2D eigenvalue weighted by Gasteiger charge is 2.34. The SMILES string of the molecule is NN(c1ccccc1)C1(O)CCCCC1. The second-order valence-electron chi connectivity index (χ2n) is 4.25. The van der Waals surface area contributed by atoms with Gasteiger partial charge in [0.15, 0.2) is 5.72 Å². The van der Waals surface area contributed by atoms with Gasteiger partial charge in [0.25, 0.3) is 0 Å². The minimum Gasteiger partial charge on any atom is -0.370 e. The van der Waals surface area contributed by atoms with Crippen LogP contribution in [0, 0.1) is 0 Å². The molecule has 1 aromatic rings. The summed E-state index contributed by atoms with van der Waals surface area (Å²) in [5, 5.41) is 11.9. The maximum atomic E-state index is 10.4. The minimum absolute atomic E-state index is 0.762. The normalized spacial score (nSPS) is 19.9. The highest BCUT2D eigenvalue weighted by Crippen LogP contribution is 2.32. The number of para-hydroxylation sites is 1. The zero-order valence-electron chi connectivity index (χ0n) is 8.89. The maximum Gasteiger partial charge on any atom is 0.151 e. The molecule has 0 aromatic heterocycles. The second-order valence-corrected chi connectivity index (χ2v) is 4.25. The molecule has 1 saturated carbocycles. The van der Waals surface area contributed by atoms with Gasteiger partial charge < -0.3 is 5.11 Å². The summed E-state index contributed by atoms with van der Waals surface area (Å²) in [4.78, 5) is 0. The summed E-state index contributed by atoms with van der Waals surface area (Å²) in [6, 6.07) is 9.66. The molecule has 0 heterocycles. The van der Waals surface area contributed by atoms with E-state index in [1.807, 2.05) is 30.3 Å². The number of nitrogens with two attached hydrogens (primary N) is 1. The lowest BCUT2D eigenvalue weighted by Gasteiger charge is -2.40. The molecule has 15 heavy (non-hydrogen) atoms. The first-order valence-electron chi connectivity index (χ1n) is 5.55. The predicted molar refractivity (Wildman–Crippen MR) is 61.1 cm³/mol. The van der Waals surface area contributed by atoms with Crippen LogP contribution in [0.2, 0.25) is 0 Å². The Kier molecular flexibility index (Phi) is 2.93. The van der Waals surface area contributed by atoms with Crippen LogP contribution in [0.25, 0.3) is 0 Å². The molecule has 2 rings (SSSR count). The molecular weight excluding hydrogens is 188 g/mol. The van der Waals surface area contributed by atoms with E-state index in [2.05, 4.69) is 0 Å². The summed E-state index contributed by atoms with van der Waals surface area (Å²) < 4.78 is 0. The van der Waals surface area contributed by atoms with Crippen molar-refractivity contribution in [2.24, 2.45) is 5.84 Å². The van der Waals surface area contributed by atoms with E-state index < -0.39 is 5.72 Å². The van der Waals surface area contributed by atoms with Gasteiger partial charge in [-0.1, -0.05) is 24.6 Å². The van der Waals surface area contributed by atoms with Gasteiger partial charge in [0.2, 0.25) is 0 Å². The summed E-state index contributed by atoms with van der Waals surface area (Å²) in [5.74, 6) is 5.99. The van der Waals surface area contributed by atoms with Crippen molar-refractivity contribution in [1.82, 2.24) is 0 Å². The molecule has 0 unspecified atom stereocenters. The Morgan fingerprint density at radius 2 is 1.67 bits per heavy atom. The number of hydrogen-bond acceptors (Lipinski definition) is 3. The summed E-state index contributed by atoms with van der Waals surface area (Å²) >= 11 is 0. The number of aliphatic hydroxyl groups is 1. The number of anilines is 1. The van der Waals surface area contributed by atoms with Crippen molar-refractivity contribution in [1.29, 1.82) is 0 Å². The molecule has 0 saturated heterocycles. The molecule has 1 aliphatic rings. The van der Waals surface area contributed by atoms with Crippen molar-refractivity contribution in [2.45, 2.75) is 37.8 Å². The molecule has 1 fully saturated rings. The molecule has 0 aliphatic heterocycles. The predicted octanol–water partition coefficient (Wildman–Crippen LogP) is 2.02. The number of nitrogens with zero attached hydrogens (tertiary/aromatic N) is 1. The molecule has 0 amide bonds. The fourth-order valence-electron chi connectivity index (χ4n) is 2.19. The fraction of sp³-hybridized carbons (Fsp3) is 0.500. The molecular formula is C12H18N2O. The Bertz CT molecular complexity index is 307. The summed E-state index contributed by atoms with van der Waals surface area (Å²) in [6.45, 7) is 0. The Balaban J connectivity index is 2.16. The fourth-order valence-corrected chi connectivity index (χ4v) is 2.19. The maximum absolute atomic E-state index is 10.4. The van der Waals surface area contributed by atoms with E-state index in [0.717, 1.165) is 31.4 Å². The van der Waals surface area contributed by atoms with E-state index in [-0.39, 0.29) is 0 Å². The molecule has 82 valence electrons. The van der Waals surface area contributed by atoms with Crippen molar-refractivity contribution < 1.29 is 5.11 Å². The largest absolute Gasteiger partial charge is 0.370 e. The van der Waals surface area contributed by atoms with Gasteiger partial charge in [0.05, 0.1) is 5.69 Å². The van der Waals surface area contributed by atoms with Gasteiger partial charge in [-0.2, -0.15) is 0 Å². The molecule has 3 nitrogen and oxygen atoms in total. The van der Waals surface area contributed by atoms with E-state index in [9.17, 15) is 5.11 Å². The lowest BCUT2D eigenvalue weighted by atomic mass is 9.91. The second kappa shape index (κ2) is 4.21. The van der Waals surface area contributed by atoms with Crippen molar-refractivity contribution in [2.75, 3.05) is 5.01 Å². The van der Waals surface area contributed by atoms with E-state index in [1.165, 1.54) is 11.4 Å². The summed E-state index contributed by atoms with van der Waals surface area (Å²) in [7, 11) is 0. The number of rotatable bonds is 2. The molecule has 0 spiro atoms. The van der Waals surface area contributed by atoms with Gasteiger partial charge in [0, 0.05) is 0 Å². The average molecular weight is 206 g/mol. The lowest BCUT2D eigenvalue weighted by Crippen LogP contribution is -2.54. The number of benzene rings is 1. The van der Waals surface area contributed by atoms with Crippen LogP contribution in [-0.4, -0.2) is 10.8 Å². The third-order valence-electron chi connectivity index (χ3n) is 3.14. The van der Waals surface area contributed by atoms with E-state index >= 15 is 0 Å².